The third-order valence-corrected chi connectivity index (χ3v) is 1.03. The number of hydrogen-bond acceptors (Lipinski definition) is 2. The maximum Gasteiger partial charge on any atom is 0.200 e. The van der Waals surface area contributed by atoms with Crippen molar-refractivity contribution in [1.29, 1.82) is 0 Å². The van der Waals surface area contributed by atoms with E-state index in [0.717, 1.165) is 5.69 Å². The molecule has 0 radical (unpaired) electrons. The van der Waals surface area contributed by atoms with Gasteiger partial charge in [-0.25, -0.2) is 4.98 Å². The first kappa shape index (κ1) is 5.90. The second-order valence-corrected chi connectivity index (χ2v) is 1.79. The summed E-state index contributed by atoms with van der Waals surface area (Å²) in [5.41, 5.74) is 0.787. The van der Waals surface area contributed by atoms with Gasteiger partial charge in [-0.15, -0.1) is 6.42 Å². The van der Waals surface area contributed by atoms with Crippen LogP contribution in [-0.4, -0.2) is 4.98 Å². The van der Waals surface area contributed by atoms with E-state index in [1.165, 1.54) is 0 Å². The molecule has 1 aromatic rings. The molecule has 0 N–H and O–H groups in total. The molecule has 2 heteroatoms. The van der Waals surface area contributed by atoms with Crippen molar-refractivity contribution in [2.45, 2.75) is 13.8 Å². The number of nitrogens with zero attached hydrogens (tertiary/aromatic N) is 1. The van der Waals surface area contributed by atoms with E-state index in [1.54, 1.807) is 6.92 Å². The summed E-state index contributed by atoms with van der Waals surface area (Å²) >= 11 is 0. The van der Waals surface area contributed by atoms with E-state index in [2.05, 4.69) is 10.9 Å². The fraction of sp³-hybridized carbons (Fsp3) is 0.286. The van der Waals surface area contributed by atoms with Gasteiger partial charge in [-0.1, -0.05) is 0 Å². The van der Waals surface area contributed by atoms with Crippen LogP contribution in [0.5, 0.6) is 0 Å². The number of rotatable bonds is 0. The van der Waals surface area contributed by atoms with Gasteiger partial charge in [0.25, 0.3) is 0 Å². The SMILES string of the molecule is C#Cc1oc(C)nc1C. The molecule has 0 spiro atoms. The summed E-state index contributed by atoms with van der Waals surface area (Å²) in [6.07, 6.45) is 5.08. The molecule has 2 nitrogen and oxygen atoms in total. The maximum atomic E-state index is 5.08. The molecule has 0 aliphatic carbocycles. The van der Waals surface area contributed by atoms with E-state index in [1.807, 2.05) is 6.92 Å². The lowest BCUT2D eigenvalue weighted by molar-refractivity contribution is 0.510. The van der Waals surface area contributed by atoms with Crippen LogP contribution < -0.4 is 0 Å². The van der Waals surface area contributed by atoms with Crippen LogP contribution >= 0.6 is 0 Å². The number of hydrogen-bond donors (Lipinski definition) is 0. The predicted octanol–water partition coefficient (Wildman–Crippen LogP) is 1.27. The van der Waals surface area contributed by atoms with Crippen molar-refractivity contribution in [3.8, 4) is 12.3 Å². The molecule has 0 aromatic carbocycles. The normalized spacial score (nSPS) is 9.00. The second-order valence-electron chi connectivity index (χ2n) is 1.79. The van der Waals surface area contributed by atoms with Crippen LogP contribution in [0.15, 0.2) is 4.42 Å². The molecule has 0 aliphatic rings. The van der Waals surface area contributed by atoms with Gasteiger partial charge in [0.15, 0.2) is 11.7 Å². The summed E-state index contributed by atoms with van der Waals surface area (Å²) in [6, 6.07) is 0. The zero-order valence-electron chi connectivity index (χ0n) is 5.43. The summed E-state index contributed by atoms with van der Waals surface area (Å²) in [7, 11) is 0. The minimum atomic E-state index is 0.535. The minimum absolute atomic E-state index is 0.535. The van der Waals surface area contributed by atoms with Gasteiger partial charge in [0.2, 0.25) is 0 Å². The van der Waals surface area contributed by atoms with Crippen LogP contribution in [-0.2, 0) is 0 Å². The zero-order valence-corrected chi connectivity index (χ0v) is 5.43. The molecule has 1 aromatic heterocycles. The Balaban J connectivity index is 3.20. The van der Waals surface area contributed by atoms with Crippen LogP contribution in [0.25, 0.3) is 0 Å². The molecule has 0 amide bonds. The Morgan fingerprint density at radius 1 is 1.56 bits per heavy atom. The number of oxazole rings is 1. The van der Waals surface area contributed by atoms with Crippen LogP contribution in [0.3, 0.4) is 0 Å². The van der Waals surface area contributed by atoms with Gasteiger partial charge < -0.3 is 4.42 Å². The molecule has 0 atom stereocenters. The minimum Gasteiger partial charge on any atom is -0.432 e. The molecule has 0 saturated heterocycles. The molecule has 1 heterocycles. The standard InChI is InChI=1S/C7H7NO/c1-4-7-5(2)8-6(3)9-7/h1H,2-3H3. The number of terminal acetylenes is 1. The Hall–Kier alpha value is -1.23. The van der Waals surface area contributed by atoms with E-state index < -0.39 is 0 Å². The van der Waals surface area contributed by atoms with E-state index in [9.17, 15) is 0 Å². The van der Waals surface area contributed by atoms with Gasteiger partial charge in [-0.05, 0) is 12.8 Å². The molecular weight excluding hydrogens is 114 g/mol. The van der Waals surface area contributed by atoms with Crippen LogP contribution in [0.4, 0.5) is 0 Å². The Bertz CT molecular complexity index is 254. The largest absolute Gasteiger partial charge is 0.432 e. The lowest BCUT2D eigenvalue weighted by Gasteiger charge is -1.76. The zero-order chi connectivity index (χ0) is 6.85. The number of aromatic nitrogens is 1. The highest BCUT2D eigenvalue weighted by atomic mass is 16.4. The molecule has 0 bridgehead atoms. The van der Waals surface area contributed by atoms with Gasteiger partial charge in [-0.3, -0.25) is 0 Å². The monoisotopic (exact) mass is 121 g/mol. The first-order valence-corrected chi connectivity index (χ1v) is 2.64. The molecular formula is C7H7NO. The molecule has 9 heavy (non-hydrogen) atoms. The average molecular weight is 121 g/mol. The van der Waals surface area contributed by atoms with Gasteiger partial charge in [-0.2, -0.15) is 0 Å². The first-order chi connectivity index (χ1) is 4.24. The van der Waals surface area contributed by atoms with Gasteiger partial charge in [0.05, 0.1) is 5.69 Å². The van der Waals surface area contributed by atoms with Crippen molar-refractivity contribution in [3.05, 3.63) is 17.3 Å². The van der Waals surface area contributed by atoms with E-state index in [-0.39, 0.29) is 0 Å². The summed E-state index contributed by atoms with van der Waals surface area (Å²) < 4.78 is 5.02. The lowest BCUT2D eigenvalue weighted by Crippen LogP contribution is -1.73. The van der Waals surface area contributed by atoms with Gasteiger partial charge >= 0.3 is 0 Å². The quantitative estimate of drug-likeness (QED) is 0.483. The Labute approximate surface area is 53.9 Å². The third-order valence-electron chi connectivity index (χ3n) is 1.03. The molecule has 0 unspecified atom stereocenters. The average Bonchev–Trinajstić information content (AvgIpc) is 2.10. The van der Waals surface area contributed by atoms with E-state index >= 15 is 0 Å². The smallest absolute Gasteiger partial charge is 0.200 e. The van der Waals surface area contributed by atoms with E-state index in [0.29, 0.717) is 11.7 Å². The third kappa shape index (κ3) is 0.945. The molecule has 0 aliphatic heterocycles. The Kier molecular flexibility index (Phi) is 1.27. The molecule has 0 fully saturated rings. The summed E-state index contributed by atoms with van der Waals surface area (Å²) in [6.45, 7) is 3.60. The molecule has 1 rings (SSSR count). The van der Waals surface area contributed by atoms with Crippen molar-refractivity contribution in [3.63, 3.8) is 0 Å². The fourth-order valence-corrected chi connectivity index (χ4v) is 0.665. The highest BCUT2D eigenvalue weighted by molar-refractivity contribution is 5.25. The summed E-state index contributed by atoms with van der Waals surface area (Å²) in [5, 5.41) is 0. The second kappa shape index (κ2) is 1.94. The molecule has 0 saturated carbocycles. The number of aryl methyl sites for hydroxylation is 2. The Morgan fingerprint density at radius 2 is 2.22 bits per heavy atom. The lowest BCUT2D eigenvalue weighted by atomic mass is 10.4. The van der Waals surface area contributed by atoms with Crippen molar-refractivity contribution in [2.24, 2.45) is 0 Å². The summed E-state index contributed by atoms with van der Waals surface area (Å²) in [5.74, 6) is 3.55. The highest BCUT2D eigenvalue weighted by Gasteiger charge is 2.00. The summed E-state index contributed by atoms with van der Waals surface area (Å²) in [4.78, 5) is 3.97. The van der Waals surface area contributed by atoms with Crippen molar-refractivity contribution in [1.82, 2.24) is 4.98 Å². The fourth-order valence-electron chi connectivity index (χ4n) is 0.665. The van der Waals surface area contributed by atoms with Gasteiger partial charge in [0.1, 0.15) is 0 Å². The predicted molar refractivity (Wildman–Crippen MR) is 33.9 cm³/mol. The van der Waals surface area contributed by atoms with Gasteiger partial charge in [0, 0.05) is 6.92 Å². The van der Waals surface area contributed by atoms with Crippen LogP contribution in [0.1, 0.15) is 17.3 Å². The molecule has 46 valence electrons. The van der Waals surface area contributed by atoms with Crippen LogP contribution in [0.2, 0.25) is 0 Å². The first-order valence-electron chi connectivity index (χ1n) is 2.64. The van der Waals surface area contributed by atoms with Crippen molar-refractivity contribution in [2.75, 3.05) is 0 Å². The maximum absolute atomic E-state index is 5.08. The highest BCUT2D eigenvalue weighted by Crippen LogP contribution is 2.05. The Morgan fingerprint density at radius 3 is 2.44 bits per heavy atom. The van der Waals surface area contributed by atoms with Crippen molar-refractivity contribution >= 4 is 0 Å². The van der Waals surface area contributed by atoms with Crippen LogP contribution in [0, 0.1) is 26.2 Å². The van der Waals surface area contributed by atoms with E-state index in [4.69, 9.17) is 10.8 Å². The topological polar surface area (TPSA) is 26.0 Å². The van der Waals surface area contributed by atoms with Crippen molar-refractivity contribution < 1.29 is 4.42 Å².